The van der Waals surface area contributed by atoms with Crippen molar-refractivity contribution in [3.8, 4) is 11.5 Å². The number of nitrogens with zero attached hydrogens (tertiary/aromatic N) is 3. The number of piperazine rings is 1. The summed E-state index contributed by atoms with van der Waals surface area (Å²) in [6, 6.07) is 11.1. The lowest BCUT2D eigenvalue weighted by molar-refractivity contribution is 0.0595. The molecular weight excluding hydrogens is 519 g/mol. The van der Waals surface area contributed by atoms with Gasteiger partial charge in [0.15, 0.2) is 0 Å². The van der Waals surface area contributed by atoms with E-state index in [9.17, 15) is 9.18 Å². The molecule has 3 heterocycles. The van der Waals surface area contributed by atoms with Gasteiger partial charge in [-0.25, -0.2) is 4.39 Å². The Morgan fingerprint density at radius 3 is 2.34 bits per heavy atom. The number of amides is 1. The molecular formula is C33H45FN4O3. The molecule has 1 saturated carbocycles. The van der Waals surface area contributed by atoms with Crippen LogP contribution in [0, 0.1) is 5.82 Å². The Kier molecular flexibility index (Phi) is 8.96. The van der Waals surface area contributed by atoms with E-state index < -0.39 is 0 Å². The largest absolute Gasteiger partial charge is 0.490 e. The topological polar surface area (TPSA) is 57.3 Å². The van der Waals surface area contributed by atoms with Crippen molar-refractivity contribution in [3.05, 3.63) is 53.3 Å². The van der Waals surface area contributed by atoms with E-state index in [1.54, 1.807) is 6.07 Å². The van der Waals surface area contributed by atoms with Gasteiger partial charge in [0.25, 0.3) is 5.91 Å². The second-order valence-corrected chi connectivity index (χ2v) is 12.4. The smallest absolute Gasteiger partial charge is 0.253 e. The van der Waals surface area contributed by atoms with Crippen molar-refractivity contribution in [2.45, 2.75) is 69.5 Å². The molecule has 6 rings (SSSR count). The highest BCUT2D eigenvalue weighted by Crippen LogP contribution is 2.39. The Hall–Kier alpha value is -2.84. The van der Waals surface area contributed by atoms with E-state index in [1.807, 2.05) is 23.1 Å². The summed E-state index contributed by atoms with van der Waals surface area (Å²) in [5.74, 6) is 1.81. The van der Waals surface area contributed by atoms with Crippen LogP contribution in [0.3, 0.4) is 0 Å². The number of carbonyl (C=O) groups excluding carboxylic acids is 1. The number of rotatable bonds is 7. The van der Waals surface area contributed by atoms with Gasteiger partial charge in [-0.05, 0) is 62.1 Å². The summed E-state index contributed by atoms with van der Waals surface area (Å²) in [7, 11) is 2.14. The van der Waals surface area contributed by atoms with Gasteiger partial charge in [0, 0.05) is 88.6 Å². The summed E-state index contributed by atoms with van der Waals surface area (Å²) in [4.78, 5) is 20.1. The predicted octanol–water partition coefficient (Wildman–Crippen LogP) is 5.05. The average Bonchev–Trinajstić information content (AvgIpc) is 3.42. The van der Waals surface area contributed by atoms with Gasteiger partial charge in [-0.15, -0.1) is 0 Å². The van der Waals surface area contributed by atoms with Crippen molar-refractivity contribution in [1.29, 1.82) is 0 Å². The van der Waals surface area contributed by atoms with Gasteiger partial charge in [0.2, 0.25) is 0 Å². The highest BCUT2D eigenvalue weighted by molar-refractivity contribution is 5.94. The van der Waals surface area contributed by atoms with Crippen LogP contribution in [0.25, 0.3) is 0 Å². The molecule has 8 heteroatoms. The van der Waals surface area contributed by atoms with Crippen LogP contribution in [-0.4, -0.2) is 87.3 Å². The van der Waals surface area contributed by atoms with Gasteiger partial charge < -0.3 is 29.5 Å². The second kappa shape index (κ2) is 13.0. The molecule has 0 aromatic heterocycles. The zero-order chi connectivity index (χ0) is 28.2. The molecule has 0 radical (unpaired) electrons. The third-order valence-corrected chi connectivity index (χ3v) is 9.31. The highest BCUT2D eigenvalue weighted by Gasteiger charge is 2.29. The maximum atomic E-state index is 14.4. The molecule has 2 aromatic rings. The fourth-order valence-electron chi connectivity index (χ4n) is 6.97. The third-order valence-electron chi connectivity index (χ3n) is 9.31. The maximum absolute atomic E-state index is 14.4. The Bertz CT molecular complexity index is 1190. The molecule has 3 aliphatic heterocycles. The molecule has 0 spiro atoms. The van der Waals surface area contributed by atoms with Crippen molar-refractivity contribution in [1.82, 2.24) is 15.1 Å². The lowest BCUT2D eigenvalue weighted by atomic mass is 9.83. The number of anilines is 1. The first-order valence-corrected chi connectivity index (χ1v) is 15.7. The first-order valence-electron chi connectivity index (χ1n) is 15.7. The van der Waals surface area contributed by atoms with E-state index in [2.05, 4.69) is 28.2 Å². The van der Waals surface area contributed by atoms with Crippen LogP contribution >= 0.6 is 0 Å². The zero-order valence-electron chi connectivity index (χ0n) is 24.5. The number of nitrogens with one attached hydrogen (secondary N) is 1. The van der Waals surface area contributed by atoms with Crippen molar-refractivity contribution < 1.29 is 18.7 Å². The quantitative estimate of drug-likeness (QED) is 0.508. The normalized spacial score (nSPS) is 23.1. The van der Waals surface area contributed by atoms with Crippen LogP contribution in [-0.2, 0) is 0 Å². The molecule has 1 aliphatic carbocycles. The van der Waals surface area contributed by atoms with Gasteiger partial charge in [-0.3, -0.25) is 4.79 Å². The summed E-state index contributed by atoms with van der Waals surface area (Å²) in [5, 5.41) is 3.34. The van der Waals surface area contributed by atoms with Crippen LogP contribution in [0.15, 0.2) is 36.4 Å². The molecule has 1 atom stereocenters. The van der Waals surface area contributed by atoms with Crippen LogP contribution in [0.4, 0.5) is 10.1 Å². The zero-order valence-corrected chi connectivity index (χ0v) is 24.5. The van der Waals surface area contributed by atoms with E-state index in [0.29, 0.717) is 24.8 Å². The molecule has 1 amide bonds. The molecule has 222 valence electrons. The number of hydrogen-bond acceptors (Lipinski definition) is 6. The number of carbonyl (C=O) groups is 1. The number of halogens is 1. The predicted molar refractivity (Wildman–Crippen MR) is 160 cm³/mol. The fraction of sp³-hybridized carbons (Fsp3) is 0.606. The standard InChI is InChI=1S/C33H45FN4O3/c1-36-14-9-29(23-36)41-32-8-7-25(19-31(32)24-5-3-2-4-6-24)33(39)38-15-10-28(11-16-38)40-30-21-26(34)20-27(22-30)37-17-12-35-13-18-37/h7-8,19-22,24,28-29,35H,2-6,9-18,23H2,1H3/t29-/m0/s1. The van der Waals surface area contributed by atoms with Gasteiger partial charge in [0.1, 0.15) is 29.5 Å². The number of benzene rings is 2. The Morgan fingerprint density at radius 1 is 0.854 bits per heavy atom. The first kappa shape index (κ1) is 28.3. The minimum Gasteiger partial charge on any atom is -0.490 e. The SMILES string of the molecule is CN1CC[C@H](Oc2ccc(C(=O)N3CCC(Oc4cc(F)cc(N5CCNCC5)c4)CC3)cc2C2CCCCC2)C1. The lowest BCUT2D eigenvalue weighted by Gasteiger charge is -2.33. The number of hydrogen-bond donors (Lipinski definition) is 1. The lowest BCUT2D eigenvalue weighted by Crippen LogP contribution is -2.43. The minimum absolute atomic E-state index is 0.0326. The van der Waals surface area contributed by atoms with Crippen molar-refractivity contribution >= 4 is 11.6 Å². The Balaban J connectivity index is 1.09. The molecule has 0 unspecified atom stereocenters. The number of piperidine rings is 1. The summed E-state index contributed by atoms with van der Waals surface area (Å²) in [5.41, 5.74) is 2.84. The van der Waals surface area contributed by atoms with Gasteiger partial charge in [0.05, 0.1) is 0 Å². The average molecular weight is 565 g/mol. The molecule has 3 saturated heterocycles. The van der Waals surface area contributed by atoms with Crippen molar-refractivity contribution in [2.75, 3.05) is 64.3 Å². The molecule has 4 aliphatic rings. The molecule has 1 N–H and O–H groups in total. The van der Waals surface area contributed by atoms with Crippen LogP contribution in [0.1, 0.15) is 73.2 Å². The van der Waals surface area contributed by atoms with E-state index in [-0.39, 0.29) is 23.9 Å². The number of likely N-dealkylation sites (tertiary alicyclic amines) is 2. The highest BCUT2D eigenvalue weighted by atomic mass is 19.1. The van der Waals surface area contributed by atoms with E-state index in [4.69, 9.17) is 9.47 Å². The first-order chi connectivity index (χ1) is 20.0. The minimum atomic E-state index is -0.273. The van der Waals surface area contributed by atoms with Crippen LogP contribution in [0.2, 0.25) is 0 Å². The summed E-state index contributed by atoms with van der Waals surface area (Å²) in [6.45, 7) is 6.80. The number of ether oxygens (including phenoxy) is 2. The Labute approximate surface area is 244 Å². The summed E-state index contributed by atoms with van der Waals surface area (Å²) < 4.78 is 27.2. The van der Waals surface area contributed by atoms with Crippen LogP contribution < -0.4 is 19.7 Å². The molecule has 7 nitrogen and oxygen atoms in total. The third kappa shape index (κ3) is 6.97. The van der Waals surface area contributed by atoms with E-state index in [0.717, 1.165) is 88.4 Å². The maximum Gasteiger partial charge on any atom is 0.253 e. The number of likely N-dealkylation sites (N-methyl/N-ethyl adjacent to an activating group) is 1. The molecule has 2 aromatic carbocycles. The molecule has 4 fully saturated rings. The van der Waals surface area contributed by atoms with E-state index in [1.165, 1.54) is 30.9 Å². The van der Waals surface area contributed by atoms with Crippen LogP contribution in [0.5, 0.6) is 11.5 Å². The Morgan fingerprint density at radius 2 is 1.61 bits per heavy atom. The van der Waals surface area contributed by atoms with Crippen molar-refractivity contribution in [3.63, 3.8) is 0 Å². The van der Waals surface area contributed by atoms with Gasteiger partial charge in [-0.1, -0.05) is 19.3 Å². The summed E-state index contributed by atoms with van der Waals surface area (Å²) >= 11 is 0. The second-order valence-electron chi connectivity index (χ2n) is 12.4. The molecule has 41 heavy (non-hydrogen) atoms. The summed E-state index contributed by atoms with van der Waals surface area (Å²) in [6.07, 6.45) is 8.80. The fourth-order valence-corrected chi connectivity index (χ4v) is 6.97. The van der Waals surface area contributed by atoms with Gasteiger partial charge in [-0.2, -0.15) is 0 Å². The van der Waals surface area contributed by atoms with Crippen molar-refractivity contribution in [2.24, 2.45) is 0 Å². The molecule has 0 bridgehead atoms. The van der Waals surface area contributed by atoms with Gasteiger partial charge >= 0.3 is 0 Å². The van der Waals surface area contributed by atoms with E-state index >= 15 is 0 Å². The monoisotopic (exact) mass is 564 g/mol.